The molecule has 1 aromatic heterocycles. The molecule has 9 heteroatoms. The summed E-state index contributed by atoms with van der Waals surface area (Å²) in [5, 5.41) is 8.89. The lowest BCUT2D eigenvalue weighted by Gasteiger charge is -2.30. The van der Waals surface area contributed by atoms with Crippen molar-refractivity contribution in [1.82, 2.24) is 10.2 Å². The third-order valence-corrected chi connectivity index (χ3v) is 5.82. The first-order valence-electron chi connectivity index (χ1n) is 9.87. The monoisotopic (exact) mass is 439 g/mol. The van der Waals surface area contributed by atoms with Crippen molar-refractivity contribution >= 4 is 28.8 Å². The number of benzene rings is 1. The Morgan fingerprint density at radius 3 is 2.43 bits per heavy atom. The number of rotatable bonds is 5. The van der Waals surface area contributed by atoms with E-state index in [4.69, 9.17) is 0 Å². The number of hydrogen-bond acceptors (Lipinski definition) is 4. The van der Waals surface area contributed by atoms with Crippen molar-refractivity contribution in [2.45, 2.75) is 37.9 Å². The van der Waals surface area contributed by atoms with Gasteiger partial charge in [-0.1, -0.05) is 18.9 Å². The molecule has 0 saturated carbocycles. The van der Waals surface area contributed by atoms with Gasteiger partial charge in [-0.2, -0.15) is 24.5 Å². The number of hydrogen-bond donors (Lipinski definition) is 2. The maximum Gasteiger partial charge on any atom is 0.416 e. The molecule has 162 valence electrons. The second kappa shape index (κ2) is 10.1. The second-order valence-electron chi connectivity index (χ2n) is 7.27. The van der Waals surface area contributed by atoms with Crippen LogP contribution in [0, 0.1) is 0 Å². The fourth-order valence-electron chi connectivity index (χ4n) is 3.56. The summed E-state index contributed by atoms with van der Waals surface area (Å²) in [6, 6.07) is 6.17. The molecule has 0 bridgehead atoms. The molecule has 2 amide bonds. The van der Waals surface area contributed by atoms with E-state index in [-0.39, 0.29) is 18.3 Å². The Bertz CT molecular complexity index is 847. The minimum absolute atomic E-state index is 0.0420. The van der Waals surface area contributed by atoms with E-state index in [0.29, 0.717) is 0 Å². The zero-order valence-corrected chi connectivity index (χ0v) is 17.2. The molecule has 1 aliphatic heterocycles. The molecule has 1 aliphatic rings. The highest BCUT2D eigenvalue weighted by molar-refractivity contribution is 7.08. The van der Waals surface area contributed by atoms with E-state index in [0.717, 1.165) is 43.6 Å². The molecule has 1 saturated heterocycles. The number of nitrogens with one attached hydrogen (secondary N) is 2. The second-order valence-corrected chi connectivity index (χ2v) is 8.05. The molecule has 1 fully saturated rings. The van der Waals surface area contributed by atoms with Gasteiger partial charge < -0.3 is 10.6 Å². The van der Waals surface area contributed by atoms with Crippen molar-refractivity contribution in [2.75, 3.05) is 25.0 Å². The van der Waals surface area contributed by atoms with Gasteiger partial charge in [0, 0.05) is 12.2 Å². The van der Waals surface area contributed by atoms with Crippen LogP contribution in [0.4, 0.5) is 18.9 Å². The van der Waals surface area contributed by atoms with Crippen LogP contribution in [0.1, 0.15) is 42.9 Å². The predicted molar refractivity (Wildman–Crippen MR) is 110 cm³/mol. The van der Waals surface area contributed by atoms with E-state index >= 15 is 0 Å². The van der Waals surface area contributed by atoms with E-state index in [2.05, 4.69) is 15.5 Å². The molecule has 2 N–H and O–H groups in total. The minimum atomic E-state index is -4.52. The molecule has 0 radical (unpaired) electrons. The third kappa shape index (κ3) is 6.06. The lowest BCUT2D eigenvalue weighted by Crippen LogP contribution is -2.42. The van der Waals surface area contributed by atoms with Gasteiger partial charge in [0.25, 0.3) is 0 Å². The predicted octanol–water partition coefficient (Wildman–Crippen LogP) is 4.44. The van der Waals surface area contributed by atoms with Crippen LogP contribution >= 0.6 is 11.3 Å². The summed E-state index contributed by atoms with van der Waals surface area (Å²) in [5.41, 5.74) is 0.117. The summed E-state index contributed by atoms with van der Waals surface area (Å²) >= 11 is 1.57. The maximum atomic E-state index is 12.8. The van der Waals surface area contributed by atoms with Gasteiger partial charge in [0.05, 0.1) is 11.6 Å². The first kappa shape index (κ1) is 22.3. The number of thiophene rings is 1. The van der Waals surface area contributed by atoms with E-state index < -0.39 is 23.6 Å². The number of nitrogens with zero attached hydrogens (tertiary/aromatic N) is 1. The number of anilines is 1. The molecular weight excluding hydrogens is 415 g/mol. The summed E-state index contributed by atoms with van der Waals surface area (Å²) in [5.74, 6) is -1.86. The molecule has 0 aliphatic carbocycles. The fraction of sp³-hybridized carbons (Fsp3) is 0.429. The average Bonchev–Trinajstić information content (AvgIpc) is 3.10. The average molecular weight is 440 g/mol. The van der Waals surface area contributed by atoms with Crippen molar-refractivity contribution in [3.05, 3.63) is 52.2 Å². The number of alkyl halides is 3. The molecule has 5 nitrogen and oxygen atoms in total. The molecule has 0 spiro atoms. The summed E-state index contributed by atoms with van der Waals surface area (Å²) in [4.78, 5) is 26.8. The molecule has 30 heavy (non-hydrogen) atoms. The van der Waals surface area contributed by atoms with Crippen molar-refractivity contribution < 1.29 is 22.8 Å². The highest BCUT2D eigenvalue weighted by Gasteiger charge is 2.30. The number of carbonyl (C=O) groups is 2. The van der Waals surface area contributed by atoms with Crippen LogP contribution in [-0.4, -0.2) is 36.3 Å². The smallest absolute Gasteiger partial charge is 0.346 e. The Labute approximate surface area is 177 Å². The van der Waals surface area contributed by atoms with Gasteiger partial charge in [0.1, 0.15) is 0 Å². The van der Waals surface area contributed by atoms with E-state index in [1.54, 1.807) is 11.3 Å². The maximum absolute atomic E-state index is 12.8. The van der Waals surface area contributed by atoms with Crippen LogP contribution < -0.4 is 10.6 Å². The van der Waals surface area contributed by atoms with Gasteiger partial charge >= 0.3 is 18.0 Å². The van der Waals surface area contributed by atoms with Crippen LogP contribution in [-0.2, 0) is 15.8 Å². The van der Waals surface area contributed by atoms with Gasteiger partial charge in [-0.15, -0.1) is 0 Å². The lowest BCUT2D eigenvalue weighted by atomic mass is 10.1. The normalized spacial score (nSPS) is 16.5. The van der Waals surface area contributed by atoms with Gasteiger partial charge in [-0.25, -0.2) is 0 Å². The summed E-state index contributed by atoms with van der Waals surface area (Å²) in [6.45, 7) is 2.10. The molecule has 2 aromatic rings. The largest absolute Gasteiger partial charge is 0.416 e. The van der Waals surface area contributed by atoms with Crippen LogP contribution in [0.3, 0.4) is 0 Å². The van der Waals surface area contributed by atoms with Gasteiger partial charge in [-0.3, -0.25) is 14.5 Å². The summed E-state index contributed by atoms with van der Waals surface area (Å²) in [6.07, 6.45) is 0.0103. The van der Waals surface area contributed by atoms with Gasteiger partial charge in [0.2, 0.25) is 0 Å². The Morgan fingerprint density at radius 1 is 1.07 bits per heavy atom. The summed E-state index contributed by atoms with van der Waals surface area (Å²) in [7, 11) is 0. The number of likely N-dealkylation sites (tertiary alicyclic amines) is 1. The SMILES string of the molecule is O=C(NCC(c1ccsc1)N1CCCCCC1)C(=O)Nc1cccc(C(F)(F)F)c1. The molecule has 2 heterocycles. The van der Waals surface area contributed by atoms with Gasteiger partial charge in [0.15, 0.2) is 0 Å². The van der Waals surface area contributed by atoms with Crippen LogP contribution in [0.5, 0.6) is 0 Å². The van der Waals surface area contributed by atoms with Crippen molar-refractivity contribution in [1.29, 1.82) is 0 Å². The van der Waals surface area contributed by atoms with E-state index in [9.17, 15) is 22.8 Å². The van der Waals surface area contributed by atoms with Crippen molar-refractivity contribution in [3.63, 3.8) is 0 Å². The molecular formula is C21H24F3N3O2S. The molecule has 3 rings (SSSR count). The standard InChI is InChI=1S/C21H24F3N3O2S/c22-21(23,24)16-6-5-7-17(12-16)26-20(29)19(28)25-13-18(15-8-11-30-14-15)27-9-3-1-2-4-10-27/h5-8,11-12,14,18H,1-4,9-10,13H2,(H,25,28)(H,26,29). The van der Waals surface area contributed by atoms with Crippen molar-refractivity contribution in [2.24, 2.45) is 0 Å². The van der Waals surface area contributed by atoms with E-state index in [1.807, 2.05) is 16.8 Å². The van der Waals surface area contributed by atoms with Crippen molar-refractivity contribution in [3.8, 4) is 0 Å². The molecule has 1 unspecified atom stereocenters. The Hall–Kier alpha value is -2.39. The zero-order chi connectivity index (χ0) is 21.6. The fourth-order valence-corrected chi connectivity index (χ4v) is 4.27. The molecule has 1 aromatic carbocycles. The van der Waals surface area contributed by atoms with Crippen LogP contribution in [0.15, 0.2) is 41.1 Å². The summed E-state index contributed by atoms with van der Waals surface area (Å²) < 4.78 is 38.5. The quantitative estimate of drug-likeness (QED) is 0.678. The topological polar surface area (TPSA) is 61.4 Å². The van der Waals surface area contributed by atoms with E-state index in [1.165, 1.54) is 25.0 Å². The molecule has 1 atom stereocenters. The lowest BCUT2D eigenvalue weighted by molar-refractivity contribution is -0.137. The third-order valence-electron chi connectivity index (χ3n) is 5.12. The number of amides is 2. The Morgan fingerprint density at radius 2 is 1.80 bits per heavy atom. The number of halogens is 3. The highest BCUT2D eigenvalue weighted by Crippen LogP contribution is 2.30. The van der Waals surface area contributed by atoms with Gasteiger partial charge in [-0.05, 0) is 66.5 Å². The zero-order valence-electron chi connectivity index (χ0n) is 16.4. The Kier molecular flexibility index (Phi) is 7.49. The highest BCUT2D eigenvalue weighted by atomic mass is 32.1. The van der Waals surface area contributed by atoms with Crippen LogP contribution in [0.25, 0.3) is 0 Å². The van der Waals surface area contributed by atoms with Crippen LogP contribution in [0.2, 0.25) is 0 Å². The minimum Gasteiger partial charge on any atom is -0.346 e. The first-order chi connectivity index (χ1) is 14.3. The Balaban J connectivity index is 1.61. The number of carbonyl (C=O) groups excluding carboxylic acids is 2. The first-order valence-corrected chi connectivity index (χ1v) is 10.8.